The zero-order valence-corrected chi connectivity index (χ0v) is 40.0. The van der Waals surface area contributed by atoms with Gasteiger partial charge in [0.05, 0.1) is 5.69 Å². The van der Waals surface area contributed by atoms with E-state index in [-0.39, 0.29) is 16.9 Å². The van der Waals surface area contributed by atoms with Gasteiger partial charge >= 0.3 is 0 Å². The molecule has 0 heterocycles. The molecule has 0 saturated heterocycles. The normalized spacial score (nSPS) is 13.7. The fourth-order valence-electron chi connectivity index (χ4n) is 11.0. The topological polar surface area (TPSA) is 28.0 Å². The van der Waals surface area contributed by atoms with Crippen molar-refractivity contribution in [2.24, 2.45) is 10.2 Å². The first-order valence-electron chi connectivity index (χ1n) is 24.4. The summed E-state index contributed by atoms with van der Waals surface area (Å²) < 4.78 is 0. The van der Waals surface area contributed by atoms with Crippen LogP contribution in [0.15, 0.2) is 253 Å². The maximum Gasteiger partial charge on any atom is 0.121 e. The van der Waals surface area contributed by atoms with Crippen LogP contribution in [-0.2, 0) is 10.8 Å². The Morgan fingerprint density at radius 1 is 0.314 bits per heavy atom. The summed E-state index contributed by atoms with van der Waals surface area (Å²) in [6, 6.07) is 87.7. The number of fused-ring (bicyclic) bond motifs is 6. The summed E-state index contributed by atoms with van der Waals surface area (Å²) in [4.78, 5) is 2.40. The number of anilines is 3. The number of rotatable bonds is 10. The van der Waals surface area contributed by atoms with Gasteiger partial charge in [0, 0.05) is 27.9 Å². The molecule has 0 radical (unpaired) electrons. The maximum atomic E-state index is 4.95. The Kier molecular flexibility index (Phi) is 10.6. The van der Waals surface area contributed by atoms with Crippen LogP contribution >= 0.6 is 0 Å². The number of hydrogen-bond donors (Lipinski definition) is 0. The summed E-state index contributed by atoms with van der Waals surface area (Å²) in [7, 11) is 0. The fraction of sp³-hybridized carbons (Fsp3) is 0.104. The van der Waals surface area contributed by atoms with Crippen LogP contribution < -0.4 is 4.90 Å². The zero-order valence-electron chi connectivity index (χ0n) is 40.0. The molecule has 0 spiro atoms. The van der Waals surface area contributed by atoms with Gasteiger partial charge in [0.1, 0.15) is 6.04 Å². The monoisotopic (exact) mass is 899 g/mol. The Hall–Kier alpha value is -8.40. The lowest BCUT2D eigenvalue weighted by molar-refractivity contribution is 0.659. The lowest BCUT2D eigenvalue weighted by Crippen LogP contribution is -2.17. The van der Waals surface area contributed by atoms with E-state index in [1.54, 1.807) is 0 Å². The predicted octanol–water partition coefficient (Wildman–Crippen LogP) is 18.6. The van der Waals surface area contributed by atoms with Crippen molar-refractivity contribution in [3.05, 3.63) is 276 Å². The van der Waals surface area contributed by atoms with E-state index in [1.807, 2.05) is 12.1 Å². The third kappa shape index (κ3) is 7.55. The van der Waals surface area contributed by atoms with Crippen LogP contribution in [0.3, 0.4) is 0 Å². The first-order chi connectivity index (χ1) is 34.2. The molecule has 0 fully saturated rings. The van der Waals surface area contributed by atoms with E-state index in [4.69, 9.17) is 10.2 Å². The SMILES string of the molecule is CC1(C)c2cc(N=NC(c3ccccc3)c3ccccc3)ccc2-c2ccc(-c3ccc4c(c3)C(C)(C)c3cc(N(c5ccc(-c6ccccc6)cc5)c5ccc(-c6ccccc6)cc5)ccc3-4)cc21. The second-order valence-electron chi connectivity index (χ2n) is 19.8. The van der Waals surface area contributed by atoms with E-state index in [1.165, 1.54) is 77.9 Å². The Balaban J connectivity index is 0.854. The van der Waals surface area contributed by atoms with Crippen molar-refractivity contribution in [2.75, 3.05) is 4.90 Å². The first kappa shape index (κ1) is 42.9. The highest BCUT2D eigenvalue weighted by Gasteiger charge is 2.38. The van der Waals surface area contributed by atoms with Crippen molar-refractivity contribution >= 4 is 22.7 Å². The zero-order chi connectivity index (χ0) is 47.4. The molecule has 0 saturated carbocycles. The highest BCUT2D eigenvalue weighted by Crippen LogP contribution is 2.54. The Labute approximate surface area is 412 Å². The largest absolute Gasteiger partial charge is 0.310 e. The highest BCUT2D eigenvalue weighted by atomic mass is 15.1. The summed E-state index contributed by atoms with van der Waals surface area (Å²) in [5.74, 6) is 0. The average molecular weight is 900 g/mol. The van der Waals surface area contributed by atoms with Crippen LogP contribution in [-0.4, -0.2) is 0 Å². The average Bonchev–Trinajstić information content (AvgIpc) is 3.78. The Morgan fingerprint density at radius 3 is 1.11 bits per heavy atom. The number of azo groups is 1. The van der Waals surface area contributed by atoms with Gasteiger partial charge in [0.2, 0.25) is 0 Å². The summed E-state index contributed by atoms with van der Waals surface area (Å²) in [5.41, 5.74) is 23.8. The van der Waals surface area contributed by atoms with Crippen molar-refractivity contribution in [1.29, 1.82) is 0 Å². The minimum absolute atomic E-state index is 0.183. The minimum atomic E-state index is -0.228. The van der Waals surface area contributed by atoms with Gasteiger partial charge in [-0.25, -0.2) is 0 Å². The standard InChI is InChI=1S/C67H53N3/c1-66(2)61-41-51(29-37-57(61)59-39-31-53(43-63(59)66)68-69-65(49-21-13-7-14-22-49)50-23-15-8-16-24-50)52-30-38-58-60-40-36-56(44-64(60)67(3,4)62(58)42-52)70(54-32-25-47(26-33-54)45-17-9-5-10-18-45)55-34-27-48(28-35-55)46-19-11-6-12-20-46/h5-44,65H,1-4H3. The lowest BCUT2D eigenvalue weighted by Gasteiger charge is -2.28. The predicted molar refractivity (Wildman–Crippen MR) is 292 cm³/mol. The number of hydrogen-bond acceptors (Lipinski definition) is 3. The van der Waals surface area contributed by atoms with E-state index >= 15 is 0 Å². The molecule has 0 N–H and O–H groups in total. The van der Waals surface area contributed by atoms with Crippen molar-refractivity contribution in [3.63, 3.8) is 0 Å². The molecule has 2 aliphatic carbocycles. The molecule has 0 bridgehead atoms. The summed E-state index contributed by atoms with van der Waals surface area (Å²) >= 11 is 0. The van der Waals surface area contributed by atoms with E-state index < -0.39 is 0 Å². The van der Waals surface area contributed by atoms with Crippen LogP contribution in [0.25, 0.3) is 55.6 Å². The van der Waals surface area contributed by atoms with Gasteiger partial charge in [-0.1, -0.05) is 210 Å². The van der Waals surface area contributed by atoms with Gasteiger partial charge in [-0.3, -0.25) is 0 Å². The van der Waals surface area contributed by atoms with Crippen LogP contribution in [0.2, 0.25) is 0 Å². The molecule has 10 aromatic rings. The fourth-order valence-corrected chi connectivity index (χ4v) is 11.0. The molecular formula is C67H53N3. The van der Waals surface area contributed by atoms with E-state index in [9.17, 15) is 0 Å². The Bertz CT molecular complexity index is 3440. The smallest absolute Gasteiger partial charge is 0.121 e. The summed E-state index contributed by atoms with van der Waals surface area (Å²) in [6.45, 7) is 9.46. The van der Waals surface area contributed by atoms with Crippen molar-refractivity contribution < 1.29 is 0 Å². The van der Waals surface area contributed by atoms with E-state index in [2.05, 4.69) is 263 Å². The Morgan fingerprint density at radius 2 is 0.657 bits per heavy atom. The van der Waals surface area contributed by atoms with Gasteiger partial charge in [-0.05, 0) is 150 Å². The molecule has 0 aliphatic heterocycles. The van der Waals surface area contributed by atoms with Crippen LogP contribution in [0.5, 0.6) is 0 Å². The van der Waals surface area contributed by atoms with E-state index in [0.717, 1.165) is 33.9 Å². The second kappa shape index (κ2) is 17.3. The molecule has 3 nitrogen and oxygen atoms in total. The van der Waals surface area contributed by atoms with Crippen LogP contribution in [0.1, 0.15) is 67.1 Å². The van der Waals surface area contributed by atoms with Gasteiger partial charge in [0.15, 0.2) is 0 Å². The molecule has 0 aromatic heterocycles. The molecule has 2 aliphatic rings. The molecule has 3 heteroatoms. The summed E-state index contributed by atoms with van der Waals surface area (Å²) in [6.07, 6.45) is 0. The molecule has 70 heavy (non-hydrogen) atoms. The molecular weight excluding hydrogens is 847 g/mol. The van der Waals surface area contributed by atoms with Gasteiger partial charge in [-0.2, -0.15) is 10.2 Å². The van der Waals surface area contributed by atoms with Crippen molar-refractivity contribution in [1.82, 2.24) is 0 Å². The maximum absolute atomic E-state index is 4.95. The van der Waals surface area contributed by atoms with Crippen molar-refractivity contribution in [3.8, 4) is 55.6 Å². The van der Waals surface area contributed by atoms with E-state index in [0.29, 0.717) is 0 Å². The first-order valence-corrected chi connectivity index (χ1v) is 24.4. The molecule has 336 valence electrons. The summed E-state index contributed by atoms with van der Waals surface area (Å²) in [5, 5.41) is 9.84. The molecule has 0 unspecified atom stereocenters. The van der Waals surface area contributed by atoms with Crippen molar-refractivity contribution in [2.45, 2.75) is 44.6 Å². The molecule has 12 rings (SSSR count). The van der Waals surface area contributed by atoms with Gasteiger partial charge in [0.25, 0.3) is 0 Å². The van der Waals surface area contributed by atoms with Crippen LogP contribution in [0.4, 0.5) is 22.7 Å². The number of nitrogens with zero attached hydrogens (tertiary/aromatic N) is 3. The lowest BCUT2D eigenvalue weighted by atomic mass is 9.80. The van der Waals surface area contributed by atoms with Crippen LogP contribution in [0, 0.1) is 0 Å². The molecule has 10 aromatic carbocycles. The third-order valence-electron chi connectivity index (χ3n) is 14.9. The molecule has 0 amide bonds. The number of benzene rings is 10. The quantitative estimate of drug-likeness (QED) is 0.126. The minimum Gasteiger partial charge on any atom is -0.310 e. The third-order valence-corrected chi connectivity index (χ3v) is 14.9. The highest BCUT2D eigenvalue weighted by molar-refractivity contribution is 5.89. The second-order valence-corrected chi connectivity index (χ2v) is 19.8. The van der Waals surface area contributed by atoms with Gasteiger partial charge in [-0.15, -0.1) is 0 Å². The van der Waals surface area contributed by atoms with Gasteiger partial charge < -0.3 is 4.90 Å². The molecule has 0 atom stereocenters.